The molecule has 4 atom stereocenters. The van der Waals surface area contributed by atoms with Crippen molar-refractivity contribution >= 4 is 22.9 Å². The van der Waals surface area contributed by atoms with Crippen LogP contribution < -0.4 is 10.6 Å². The van der Waals surface area contributed by atoms with Gasteiger partial charge in [-0.05, 0) is 25.1 Å². The molecular formula is C24H22F4N8O4. The molecule has 4 N–H and O–H groups in total. The highest BCUT2D eigenvalue weighted by atomic mass is 19.4. The summed E-state index contributed by atoms with van der Waals surface area (Å²) >= 11 is 0. The quantitative estimate of drug-likeness (QED) is 0.244. The van der Waals surface area contributed by atoms with Crippen LogP contribution in [-0.4, -0.2) is 76.6 Å². The summed E-state index contributed by atoms with van der Waals surface area (Å²) in [5, 5.41) is 25.8. The molecule has 0 bridgehead atoms. The maximum atomic E-state index is 13.9. The Labute approximate surface area is 223 Å². The Kier molecular flexibility index (Phi) is 7.31. The van der Waals surface area contributed by atoms with E-state index in [-0.39, 0.29) is 34.9 Å². The highest BCUT2D eigenvalue weighted by Gasteiger charge is 2.48. The van der Waals surface area contributed by atoms with Crippen molar-refractivity contribution in [1.29, 1.82) is 0 Å². The number of aliphatic hydroxyl groups is 2. The third kappa shape index (κ3) is 5.68. The molecule has 0 radical (unpaired) electrons. The van der Waals surface area contributed by atoms with Crippen LogP contribution in [0, 0.1) is 12.7 Å². The number of nitrogens with one attached hydrogen (secondary N) is 2. The number of carbonyl (C=O) groups is 1. The summed E-state index contributed by atoms with van der Waals surface area (Å²) in [6.45, 7) is 0.418. The van der Waals surface area contributed by atoms with Crippen LogP contribution in [0.1, 0.15) is 17.6 Å². The summed E-state index contributed by atoms with van der Waals surface area (Å²) in [6.07, 6.45) is -7.99. The molecule has 40 heavy (non-hydrogen) atoms. The molecule has 1 amide bonds. The molecule has 4 aromatic heterocycles. The molecule has 0 aromatic carbocycles. The van der Waals surface area contributed by atoms with Gasteiger partial charge < -0.3 is 25.6 Å². The van der Waals surface area contributed by atoms with E-state index in [1.807, 2.05) is 19.1 Å². The molecule has 0 saturated carbocycles. The van der Waals surface area contributed by atoms with Crippen molar-refractivity contribution in [3.8, 4) is 11.4 Å². The largest absolute Gasteiger partial charge is 0.405 e. The van der Waals surface area contributed by atoms with Crippen LogP contribution in [0.15, 0.2) is 43.0 Å². The molecule has 0 unspecified atom stereocenters. The van der Waals surface area contributed by atoms with E-state index in [1.54, 1.807) is 11.4 Å². The molecule has 210 valence electrons. The summed E-state index contributed by atoms with van der Waals surface area (Å²) in [4.78, 5) is 33.7. The zero-order chi connectivity index (χ0) is 28.6. The number of nitrogens with zero attached hydrogens (tertiary/aromatic N) is 6. The third-order valence-electron chi connectivity index (χ3n) is 6.00. The fourth-order valence-corrected chi connectivity index (χ4v) is 4.16. The van der Waals surface area contributed by atoms with E-state index in [2.05, 4.69) is 30.2 Å². The first-order valence-corrected chi connectivity index (χ1v) is 11.9. The molecular weight excluding hydrogens is 540 g/mol. The first kappa shape index (κ1) is 27.3. The van der Waals surface area contributed by atoms with E-state index < -0.39 is 49.0 Å². The number of anilines is 1. The van der Waals surface area contributed by atoms with E-state index in [4.69, 9.17) is 4.74 Å². The average Bonchev–Trinajstić information content (AvgIpc) is 3.46. The van der Waals surface area contributed by atoms with Gasteiger partial charge in [-0.2, -0.15) is 13.2 Å². The number of alkyl halides is 3. The van der Waals surface area contributed by atoms with Crippen LogP contribution in [0.3, 0.4) is 0 Å². The second kappa shape index (κ2) is 10.7. The lowest BCUT2D eigenvalue weighted by molar-refractivity contribution is -0.149. The Morgan fingerprint density at radius 3 is 2.67 bits per heavy atom. The van der Waals surface area contributed by atoms with Gasteiger partial charge in [-0.1, -0.05) is 6.07 Å². The smallest absolute Gasteiger partial charge is 0.387 e. The SMILES string of the molecule is Cc1cccc(CNc2nc(-c3cncc(F)c3)nc3c2ncn3[C@@H]2O[C@H](C(=O)NCC(F)(F)F)[C@@H](O)[C@H]2O)n1. The van der Waals surface area contributed by atoms with Gasteiger partial charge >= 0.3 is 6.18 Å². The monoisotopic (exact) mass is 562 g/mol. The molecule has 1 aliphatic heterocycles. The molecule has 0 spiro atoms. The number of hydrogen-bond acceptors (Lipinski definition) is 10. The lowest BCUT2D eigenvalue weighted by atomic mass is 10.1. The van der Waals surface area contributed by atoms with Gasteiger partial charge in [0.1, 0.15) is 24.6 Å². The Balaban J connectivity index is 1.51. The number of rotatable bonds is 7. The third-order valence-corrected chi connectivity index (χ3v) is 6.00. The van der Waals surface area contributed by atoms with Gasteiger partial charge in [0.25, 0.3) is 5.91 Å². The lowest BCUT2D eigenvalue weighted by Gasteiger charge is -2.17. The highest BCUT2D eigenvalue weighted by molar-refractivity contribution is 5.85. The van der Waals surface area contributed by atoms with Crippen molar-refractivity contribution in [3.63, 3.8) is 0 Å². The maximum absolute atomic E-state index is 13.9. The van der Waals surface area contributed by atoms with Crippen LogP contribution in [0.25, 0.3) is 22.6 Å². The standard InChI is InChI=1S/C24H22F4N8O4/c1-11-3-2-4-14(33-11)8-30-20-15-21(35-19(34-20)12-5-13(25)7-29-6-12)36(10-32-15)23-17(38)16(37)18(40-23)22(39)31-9-24(26,27)28/h2-7,10,16-18,23,37-38H,8-9H2,1H3,(H,31,39)(H,30,34,35)/t16-,17+,18-,23+/m0/s1. The maximum Gasteiger partial charge on any atom is 0.405 e. The van der Waals surface area contributed by atoms with Crippen LogP contribution in [-0.2, 0) is 16.1 Å². The fraction of sp³-hybridized carbons (Fsp3) is 0.333. The topological polar surface area (TPSA) is 160 Å². The number of amides is 1. The minimum absolute atomic E-state index is 0.0217. The van der Waals surface area contributed by atoms with E-state index >= 15 is 0 Å². The van der Waals surface area contributed by atoms with Gasteiger partial charge in [-0.15, -0.1) is 0 Å². The predicted octanol–water partition coefficient (Wildman–Crippen LogP) is 1.64. The number of aromatic nitrogens is 6. The van der Waals surface area contributed by atoms with Gasteiger partial charge in [0, 0.05) is 17.5 Å². The Hall–Kier alpha value is -4.28. The molecule has 1 aliphatic rings. The van der Waals surface area contributed by atoms with Gasteiger partial charge in [-0.3, -0.25) is 19.3 Å². The van der Waals surface area contributed by atoms with Crippen molar-refractivity contribution in [2.45, 2.75) is 44.2 Å². The number of imidazole rings is 1. The Morgan fingerprint density at radius 2 is 1.95 bits per heavy atom. The van der Waals surface area contributed by atoms with Crippen LogP contribution in [0.2, 0.25) is 0 Å². The molecule has 4 aromatic rings. The van der Waals surface area contributed by atoms with Crippen molar-refractivity contribution in [2.24, 2.45) is 0 Å². The van der Waals surface area contributed by atoms with E-state index in [0.717, 1.165) is 18.0 Å². The number of hydrogen-bond donors (Lipinski definition) is 4. The average molecular weight is 562 g/mol. The minimum atomic E-state index is -4.69. The van der Waals surface area contributed by atoms with Crippen LogP contribution >= 0.6 is 0 Å². The number of ether oxygens (including phenoxy) is 1. The van der Waals surface area contributed by atoms with Crippen molar-refractivity contribution in [3.05, 3.63) is 60.2 Å². The fourth-order valence-electron chi connectivity index (χ4n) is 4.16. The van der Waals surface area contributed by atoms with Crippen LogP contribution in [0.4, 0.5) is 23.4 Å². The second-order valence-corrected chi connectivity index (χ2v) is 9.00. The second-order valence-electron chi connectivity index (χ2n) is 9.00. The summed E-state index contributed by atoms with van der Waals surface area (Å²) < 4.78 is 58.3. The number of carbonyl (C=O) groups excluding carboxylic acids is 1. The predicted molar refractivity (Wildman–Crippen MR) is 130 cm³/mol. The molecule has 5 rings (SSSR count). The number of fused-ring (bicyclic) bond motifs is 1. The first-order valence-electron chi connectivity index (χ1n) is 11.9. The van der Waals surface area contributed by atoms with Gasteiger partial charge in [0.2, 0.25) is 0 Å². The first-order chi connectivity index (χ1) is 19.0. The summed E-state index contributed by atoms with van der Waals surface area (Å²) in [5.41, 5.74) is 1.94. The summed E-state index contributed by atoms with van der Waals surface area (Å²) in [6, 6.07) is 6.62. The minimum Gasteiger partial charge on any atom is -0.387 e. The van der Waals surface area contributed by atoms with E-state index in [9.17, 15) is 32.6 Å². The van der Waals surface area contributed by atoms with Crippen molar-refractivity contribution < 1.29 is 37.3 Å². The van der Waals surface area contributed by atoms with Gasteiger partial charge in [0.15, 0.2) is 35.1 Å². The van der Waals surface area contributed by atoms with Crippen molar-refractivity contribution in [1.82, 2.24) is 34.8 Å². The lowest BCUT2D eigenvalue weighted by Crippen LogP contribution is -2.45. The normalized spacial score (nSPS) is 21.1. The van der Waals surface area contributed by atoms with E-state index in [0.29, 0.717) is 5.69 Å². The zero-order valence-corrected chi connectivity index (χ0v) is 20.7. The number of aryl methyl sites for hydroxylation is 1. The summed E-state index contributed by atoms with van der Waals surface area (Å²) in [5.74, 6) is -1.67. The molecule has 5 heterocycles. The Morgan fingerprint density at radius 1 is 1.15 bits per heavy atom. The van der Waals surface area contributed by atoms with Crippen LogP contribution in [0.5, 0.6) is 0 Å². The molecule has 0 aliphatic carbocycles. The number of aliphatic hydroxyl groups excluding tert-OH is 2. The molecule has 12 nitrogen and oxygen atoms in total. The molecule has 16 heteroatoms. The Bertz CT molecular complexity index is 1550. The van der Waals surface area contributed by atoms with Gasteiger partial charge in [-0.25, -0.2) is 19.3 Å². The number of pyridine rings is 2. The van der Waals surface area contributed by atoms with E-state index in [1.165, 1.54) is 17.1 Å². The summed E-state index contributed by atoms with van der Waals surface area (Å²) in [7, 11) is 0. The highest BCUT2D eigenvalue weighted by Crippen LogP contribution is 2.34. The molecule has 1 saturated heterocycles. The number of halogens is 4. The van der Waals surface area contributed by atoms with Crippen molar-refractivity contribution in [2.75, 3.05) is 11.9 Å². The van der Waals surface area contributed by atoms with Gasteiger partial charge in [0.05, 0.1) is 24.8 Å². The molecule has 1 fully saturated rings. The zero-order valence-electron chi connectivity index (χ0n) is 20.7.